The number of hydrogen-bond donors (Lipinski definition) is 0. The second-order valence-corrected chi connectivity index (χ2v) is 9.83. The number of alkyl halides is 6. The Morgan fingerprint density at radius 3 is 1.43 bits per heavy atom. The van der Waals surface area contributed by atoms with Gasteiger partial charge in [0.15, 0.2) is 0 Å². The highest BCUT2D eigenvalue weighted by Gasteiger charge is 2.32. The van der Waals surface area contributed by atoms with Gasteiger partial charge in [-0.3, -0.25) is 0 Å². The first-order valence-electron chi connectivity index (χ1n) is 10.5. The van der Waals surface area contributed by atoms with Crippen LogP contribution in [0.2, 0.25) is 0 Å². The molecule has 0 amide bonds. The molecule has 0 aliphatic heterocycles. The summed E-state index contributed by atoms with van der Waals surface area (Å²) in [4.78, 5) is 0. The van der Waals surface area contributed by atoms with Gasteiger partial charge in [-0.2, -0.15) is 26.3 Å². The molecule has 0 saturated heterocycles. The van der Waals surface area contributed by atoms with E-state index in [1.165, 1.54) is 31.4 Å². The van der Waals surface area contributed by atoms with Gasteiger partial charge in [-0.1, -0.05) is 66.7 Å². The molecule has 0 aliphatic rings. The number of halogens is 6. The highest BCUT2D eigenvalue weighted by molar-refractivity contribution is 7.80. The Labute approximate surface area is 199 Å². The third-order valence-corrected chi connectivity index (χ3v) is 7.95. The fraction of sp³-hybridized carbons (Fsp3) is 0.111. The molecule has 0 bridgehead atoms. The average Bonchev–Trinajstić information content (AvgIpc) is 2.84. The van der Waals surface area contributed by atoms with Crippen molar-refractivity contribution in [1.29, 1.82) is 0 Å². The van der Waals surface area contributed by atoms with Crippen molar-refractivity contribution >= 4 is 23.8 Å². The quantitative estimate of drug-likeness (QED) is 0.207. The SMILES string of the molecule is COc1ccccc1-c1ccccc1P(c1ccc(C(F)(F)F)cc1)c1ccc(C(F)(F)F)cc1. The van der Waals surface area contributed by atoms with E-state index in [-0.39, 0.29) is 0 Å². The average molecular weight is 504 g/mol. The Balaban J connectivity index is 1.91. The summed E-state index contributed by atoms with van der Waals surface area (Å²) < 4.78 is 84.6. The Morgan fingerprint density at radius 2 is 0.971 bits per heavy atom. The van der Waals surface area contributed by atoms with Crippen LogP contribution in [0.1, 0.15) is 11.1 Å². The van der Waals surface area contributed by atoms with E-state index in [9.17, 15) is 26.3 Å². The first-order chi connectivity index (χ1) is 16.6. The minimum absolute atomic E-state index is 0.579. The van der Waals surface area contributed by atoms with Gasteiger partial charge in [-0.05, 0) is 59.7 Å². The smallest absolute Gasteiger partial charge is 0.416 e. The largest absolute Gasteiger partial charge is 0.496 e. The lowest BCUT2D eigenvalue weighted by molar-refractivity contribution is -0.138. The molecular weight excluding hydrogens is 485 g/mol. The van der Waals surface area contributed by atoms with Crippen LogP contribution < -0.4 is 20.7 Å². The first-order valence-corrected chi connectivity index (χ1v) is 11.8. The first kappa shape index (κ1) is 24.8. The maximum absolute atomic E-state index is 13.2. The van der Waals surface area contributed by atoms with Gasteiger partial charge in [0, 0.05) is 5.56 Å². The van der Waals surface area contributed by atoms with E-state index in [4.69, 9.17) is 4.74 Å². The number of hydrogen-bond acceptors (Lipinski definition) is 1. The second kappa shape index (κ2) is 9.74. The van der Waals surface area contributed by atoms with Crippen molar-refractivity contribution in [2.45, 2.75) is 12.4 Å². The zero-order valence-electron chi connectivity index (χ0n) is 18.4. The highest BCUT2D eigenvalue weighted by atomic mass is 31.1. The fourth-order valence-corrected chi connectivity index (χ4v) is 6.21. The molecule has 8 heteroatoms. The van der Waals surface area contributed by atoms with Crippen LogP contribution >= 0.6 is 7.92 Å². The van der Waals surface area contributed by atoms with Gasteiger partial charge in [-0.15, -0.1) is 0 Å². The summed E-state index contributed by atoms with van der Waals surface area (Å²) in [7, 11) is 0.0432. The molecule has 0 spiro atoms. The van der Waals surface area contributed by atoms with Crippen molar-refractivity contribution in [3.8, 4) is 16.9 Å². The Kier molecular flexibility index (Phi) is 6.91. The topological polar surface area (TPSA) is 9.23 Å². The predicted octanol–water partition coefficient (Wildman–Crippen LogP) is 7.16. The van der Waals surface area contributed by atoms with Gasteiger partial charge in [0.1, 0.15) is 5.75 Å². The third-order valence-electron chi connectivity index (χ3n) is 5.45. The van der Waals surface area contributed by atoms with Gasteiger partial charge in [0.25, 0.3) is 0 Å². The minimum atomic E-state index is -4.50. The summed E-state index contributed by atoms with van der Waals surface area (Å²) in [5.74, 6) is 0.606. The normalized spacial score (nSPS) is 12.1. The maximum atomic E-state index is 13.2. The molecule has 0 atom stereocenters. The molecule has 0 saturated carbocycles. The molecule has 0 radical (unpaired) electrons. The van der Waals surface area contributed by atoms with Crippen LogP contribution in [0.25, 0.3) is 11.1 Å². The van der Waals surface area contributed by atoms with Crippen molar-refractivity contribution in [1.82, 2.24) is 0 Å². The van der Waals surface area contributed by atoms with Gasteiger partial charge >= 0.3 is 12.4 Å². The van der Waals surface area contributed by atoms with Crippen LogP contribution in [-0.2, 0) is 12.4 Å². The molecule has 4 rings (SSSR count). The number of methoxy groups -OCH3 is 1. The maximum Gasteiger partial charge on any atom is 0.416 e. The zero-order chi connectivity index (χ0) is 25.2. The molecule has 0 N–H and O–H groups in total. The molecule has 1 nitrogen and oxygen atoms in total. The molecule has 0 unspecified atom stereocenters. The summed E-state index contributed by atoms with van der Waals surface area (Å²) in [5, 5.41) is 1.94. The lowest BCUT2D eigenvalue weighted by Gasteiger charge is -2.24. The van der Waals surface area contributed by atoms with Crippen LogP contribution in [0.15, 0.2) is 97.1 Å². The Bertz CT molecular complexity index is 1240. The summed E-state index contributed by atoms with van der Waals surface area (Å²) in [6, 6.07) is 24.3. The molecular formula is C27H19F6OP. The highest BCUT2D eigenvalue weighted by Crippen LogP contribution is 2.41. The van der Waals surface area contributed by atoms with Crippen LogP contribution in [-0.4, -0.2) is 7.11 Å². The predicted molar refractivity (Wildman–Crippen MR) is 127 cm³/mol. The Hall–Kier alpha value is -3.31. The van der Waals surface area contributed by atoms with E-state index in [2.05, 4.69) is 0 Å². The summed E-state index contributed by atoms with van der Waals surface area (Å²) >= 11 is 0. The van der Waals surface area contributed by atoms with Crippen LogP contribution in [0.3, 0.4) is 0 Å². The van der Waals surface area contributed by atoms with Crippen molar-refractivity contribution in [3.05, 3.63) is 108 Å². The van der Waals surface area contributed by atoms with E-state index in [0.717, 1.165) is 40.7 Å². The van der Waals surface area contributed by atoms with Crippen molar-refractivity contribution in [3.63, 3.8) is 0 Å². The summed E-state index contributed by atoms with van der Waals surface area (Å²) in [6.45, 7) is 0. The molecule has 4 aromatic carbocycles. The fourth-order valence-electron chi connectivity index (χ4n) is 3.79. The second-order valence-electron chi connectivity index (χ2n) is 7.64. The summed E-state index contributed by atoms with van der Waals surface area (Å²) in [6.07, 6.45) is -8.99. The molecule has 180 valence electrons. The summed E-state index contributed by atoms with van der Waals surface area (Å²) in [5.41, 5.74) is -0.0175. The molecule has 0 aliphatic carbocycles. The monoisotopic (exact) mass is 504 g/mol. The molecule has 0 fully saturated rings. The van der Waals surface area contributed by atoms with Gasteiger partial charge in [0.2, 0.25) is 0 Å². The van der Waals surface area contributed by atoms with E-state index in [0.29, 0.717) is 16.4 Å². The zero-order valence-corrected chi connectivity index (χ0v) is 19.3. The van der Waals surface area contributed by atoms with E-state index in [1.807, 2.05) is 36.4 Å². The number of ether oxygens (including phenoxy) is 1. The van der Waals surface area contributed by atoms with Crippen LogP contribution in [0.4, 0.5) is 26.3 Å². The lowest BCUT2D eigenvalue weighted by atomic mass is 10.0. The molecule has 4 aromatic rings. The number of para-hydroxylation sites is 1. The molecule has 35 heavy (non-hydrogen) atoms. The van der Waals surface area contributed by atoms with Crippen molar-refractivity contribution in [2.75, 3.05) is 7.11 Å². The lowest BCUT2D eigenvalue weighted by Crippen LogP contribution is -2.23. The van der Waals surface area contributed by atoms with E-state index >= 15 is 0 Å². The minimum Gasteiger partial charge on any atom is -0.496 e. The van der Waals surface area contributed by atoms with Crippen molar-refractivity contribution < 1.29 is 31.1 Å². The standard InChI is InChI=1S/C27H19F6OP/c1-34-24-8-4-2-6-22(24)23-7-3-5-9-25(23)35(20-14-10-18(11-15-20)26(28,29)30)21-16-12-19(13-17-21)27(31,32)33/h2-17H,1H3. The molecule has 0 aromatic heterocycles. The van der Waals surface area contributed by atoms with E-state index in [1.54, 1.807) is 12.1 Å². The van der Waals surface area contributed by atoms with Gasteiger partial charge < -0.3 is 4.74 Å². The van der Waals surface area contributed by atoms with Gasteiger partial charge in [0.05, 0.1) is 18.2 Å². The van der Waals surface area contributed by atoms with Crippen LogP contribution in [0, 0.1) is 0 Å². The third kappa shape index (κ3) is 5.35. The van der Waals surface area contributed by atoms with Crippen LogP contribution in [0.5, 0.6) is 5.75 Å². The molecule has 0 heterocycles. The number of benzene rings is 4. The van der Waals surface area contributed by atoms with E-state index < -0.39 is 31.4 Å². The van der Waals surface area contributed by atoms with Crippen molar-refractivity contribution in [2.24, 2.45) is 0 Å². The Morgan fingerprint density at radius 1 is 0.543 bits per heavy atom. The van der Waals surface area contributed by atoms with Gasteiger partial charge in [-0.25, -0.2) is 0 Å². The number of rotatable bonds is 5.